The monoisotopic (exact) mass is 395 g/mol. The molecule has 0 bridgehead atoms. The molecule has 0 saturated carbocycles. The van der Waals surface area contributed by atoms with Gasteiger partial charge in [-0.2, -0.15) is 0 Å². The van der Waals surface area contributed by atoms with E-state index in [1.165, 1.54) is 0 Å². The van der Waals surface area contributed by atoms with Crippen LogP contribution in [0.5, 0.6) is 0 Å². The Morgan fingerprint density at radius 3 is 2.45 bits per heavy atom. The van der Waals surface area contributed by atoms with Gasteiger partial charge in [-0.25, -0.2) is 0 Å². The second kappa shape index (κ2) is 10.6. The van der Waals surface area contributed by atoms with Crippen molar-refractivity contribution in [3.63, 3.8) is 0 Å². The standard InChI is InChI=1S/C23H29N3O3/c1-2-3-6-12-24-22(27)18-8-7-9-19(17-18)23(28)25-20-10-4-5-11-21(20)26-13-15-29-16-14-26/h4-5,7-11,17H,2-3,6,12-16H2,1H3,(H,24,27)(H,25,28). The van der Waals surface area contributed by atoms with Gasteiger partial charge in [0.15, 0.2) is 0 Å². The molecule has 2 N–H and O–H groups in total. The predicted octanol–water partition coefficient (Wildman–Crippen LogP) is 3.70. The van der Waals surface area contributed by atoms with E-state index in [9.17, 15) is 9.59 Å². The van der Waals surface area contributed by atoms with Crippen LogP contribution in [0.15, 0.2) is 48.5 Å². The molecule has 29 heavy (non-hydrogen) atoms. The van der Waals surface area contributed by atoms with Gasteiger partial charge in [-0.05, 0) is 36.8 Å². The maximum Gasteiger partial charge on any atom is 0.255 e. The van der Waals surface area contributed by atoms with Crippen LogP contribution in [0.3, 0.4) is 0 Å². The highest BCUT2D eigenvalue weighted by Gasteiger charge is 2.17. The Balaban J connectivity index is 1.68. The average molecular weight is 396 g/mol. The molecule has 0 aliphatic carbocycles. The summed E-state index contributed by atoms with van der Waals surface area (Å²) in [4.78, 5) is 27.4. The van der Waals surface area contributed by atoms with Crippen molar-refractivity contribution in [1.29, 1.82) is 0 Å². The van der Waals surface area contributed by atoms with E-state index in [1.54, 1.807) is 24.3 Å². The molecular formula is C23H29N3O3. The summed E-state index contributed by atoms with van der Waals surface area (Å²) >= 11 is 0. The molecule has 2 aromatic carbocycles. The van der Waals surface area contributed by atoms with E-state index in [0.29, 0.717) is 30.9 Å². The number of amides is 2. The first-order valence-corrected chi connectivity index (χ1v) is 10.3. The van der Waals surface area contributed by atoms with Gasteiger partial charge in [0.2, 0.25) is 0 Å². The number of nitrogens with one attached hydrogen (secondary N) is 2. The lowest BCUT2D eigenvalue weighted by atomic mass is 10.1. The summed E-state index contributed by atoms with van der Waals surface area (Å²) in [7, 11) is 0. The molecule has 154 valence electrons. The van der Waals surface area contributed by atoms with E-state index in [0.717, 1.165) is 43.7 Å². The van der Waals surface area contributed by atoms with Crippen molar-refractivity contribution in [1.82, 2.24) is 5.32 Å². The Kier molecular flexibility index (Phi) is 7.64. The largest absolute Gasteiger partial charge is 0.378 e. The van der Waals surface area contributed by atoms with Gasteiger partial charge in [0.1, 0.15) is 0 Å². The SMILES string of the molecule is CCCCCNC(=O)c1cccc(C(=O)Nc2ccccc2N2CCOCC2)c1. The first kappa shape index (κ1) is 20.9. The molecule has 0 spiro atoms. The van der Waals surface area contributed by atoms with Crippen molar-refractivity contribution in [2.24, 2.45) is 0 Å². The third kappa shape index (κ3) is 5.81. The molecule has 2 aromatic rings. The van der Waals surface area contributed by atoms with Crippen LogP contribution in [0.25, 0.3) is 0 Å². The molecule has 2 amide bonds. The Hall–Kier alpha value is -2.86. The van der Waals surface area contributed by atoms with Crippen molar-refractivity contribution >= 4 is 23.2 Å². The zero-order chi connectivity index (χ0) is 20.5. The lowest BCUT2D eigenvalue weighted by Gasteiger charge is -2.30. The number of morpholine rings is 1. The number of carbonyl (C=O) groups is 2. The molecule has 0 aromatic heterocycles. The zero-order valence-electron chi connectivity index (χ0n) is 16.9. The number of nitrogens with zero attached hydrogens (tertiary/aromatic N) is 1. The molecule has 0 unspecified atom stereocenters. The summed E-state index contributed by atoms with van der Waals surface area (Å²) in [5.41, 5.74) is 2.70. The molecule has 0 radical (unpaired) electrons. The second-order valence-electron chi connectivity index (χ2n) is 7.11. The van der Waals surface area contributed by atoms with Crippen LogP contribution in [-0.4, -0.2) is 44.7 Å². The lowest BCUT2D eigenvalue weighted by Crippen LogP contribution is -2.36. The van der Waals surface area contributed by atoms with Crippen LogP contribution < -0.4 is 15.5 Å². The van der Waals surface area contributed by atoms with Crippen molar-refractivity contribution < 1.29 is 14.3 Å². The first-order valence-electron chi connectivity index (χ1n) is 10.3. The number of hydrogen-bond donors (Lipinski definition) is 2. The minimum atomic E-state index is -0.230. The summed E-state index contributed by atoms with van der Waals surface area (Å²) in [6.07, 6.45) is 3.16. The van der Waals surface area contributed by atoms with Crippen LogP contribution in [0.4, 0.5) is 11.4 Å². The number of unbranched alkanes of at least 4 members (excludes halogenated alkanes) is 2. The molecule has 0 atom stereocenters. The number of rotatable bonds is 8. The van der Waals surface area contributed by atoms with Crippen molar-refractivity contribution in [3.8, 4) is 0 Å². The molecule has 6 nitrogen and oxygen atoms in total. The van der Waals surface area contributed by atoms with E-state index in [-0.39, 0.29) is 11.8 Å². The van der Waals surface area contributed by atoms with Crippen LogP contribution in [-0.2, 0) is 4.74 Å². The van der Waals surface area contributed by atoms with E-state index in [1.807, 2.05) is 24.3 Å². The Labute approximate surface area is 172 Å². The molecule has 1 aliphatic heterocycles. The summed E-state index contributed by atoms with van der Waals surface area (Å²) in [6, 6.07) is 14.6. The Bertz CT molecular complexity index is 832. The number of anilines is 2. The Morgan fingerprint density at radius 1 is 0.966 bits per heavy atom. The number of ether oxygens (including phenoxy) is 1. The topological polar surface area (TPSA) is 70.7 Å². The highest BCUT2D eigenvalue weighted by molar-refractivity contribution is 6.07. The smallest absolute Gasteiger partial charge is 0.255 e. The fourth-order valence-electron chi connectivity index (χ4n) is 3.33. The second-order valence-corrected chi connectivity index (χ2v) is 7.11. The predicted molar refractivity (Wildman–Crippen MR) is 116 cm³/mol. The average Bonchev–Trinajstić information content (AvgIpc) is 2.77. The van der Waals surface area contributed by atoms with Gasteiger partial charge in [0.05, 0.1) is 24.6 Å². The molecule has 1 aliphatic rings. The quantitative estimate of drug-likeness (QED) is 0.669. The number of hydrogen-bond acceptors (Lipinski definition) is 4. The maximum atomic E-state index is 12.8. The fraction of sp³-hybridized carbons (Fsp3) is 0.391. The van der Waals surface area contributed by atoms with Crippen molar-refractivity contribution in [2.45, 2.75) is 26.2 Å². The molecule has 1 saturated heterocycles. The van der Waals surface area contributed by atoms with Crippen LogP contribution in [0.1, 0.15) is 46.9 Å². The highest BCUT2D eigenvalue weighted by Crippen LogP contribution is 2.26. The summed E-state index contributed by atoms with van der Waals surface area (Å²) in [5.74, 6) is -0.379. The maximum absolute atomic E-state index is 12.8. The molecule has 1 fully saturated rings. The van der Waals surface area contributed by atoms with Gasteiger partial charge < -0.3 is 20.3 Å². The van der Waals surface area contributed by atoms with Gasteiger partial charge >= 0.3 is 0 Å². The fourth-order valence-corrected chi connectivity index (χ4v) is 3.33. The minimum absolute atomic E-state index is 0.149. The normalized spacial score (nSPS) is 13.8. The lowest BCUT2D eigenvalue weighted by molar-refractivity contribution is 0.0953. The summed E-state index contributed by atoms with van der Waals surface area (Å²) in [5, 5.41) is 5.91. The van der Waals surface area contributed by atoms with Crippen LogP contribution in [0.2, 0.25) is 0 Å². The van der Waals surface area contributed by atoms with Gasteiger partial charge in [0.25, 0.3) is 11.8 Å². The third-order valence-corrected chi connectivity index (χ3v) is 4.96. The molecule has 3 rings (SSSR count). The number of para-hydroxylation sites is 2. The summed E-state index contributed by atoms with van der Waals surface area (Å²) < 4.78 is 5.42. The van der Waals surface area contributed by atoms with E-state index < -0.39 is 0 Å². The molecular weight excluding hydrogens is 366 g/mol. The van der Waals surface area contributed by atoms with Crippen LogP contribution in [0, 0.1) is 0 Å². The van der Waals surface area contributed by atoms with E-state index >= 15 is 0 Å². The highest BCUT2D eigenvalue weighted by atomic mass is 16.5. The molecule has 6 heteroatoms. The zero-order valence-corrected chi connectivity index (χ0v) is 16.9. The van der Waals surface area contributed by atoms with Gasteiger partial charge in [-0.1, -0.05) is 38.0 Å². The first-order chi connectivity index (χ1) is 14.2. The van der Waals surface area contributed by atoms with Crippen LogP contribution >= 0.6 is 0 Å². The summed E-state index contributed by atoms with van der Waals surface area (Å²) in [6.45, 7) is 5.72. The van der Waals surface area contributed by atoms with Gasteiger partial charge in [0, 0.05) is 30.8 Å². The van der Waals surface area contributed by atoms with Gasteiger partial charge in [-0.3, -0.25) is 9.59 Å². The van der Waals surface area contributed by atoms with Crippen molar-refractivity contribution in [3.05, 3.63) is 59.7 Å². The Morgan fingerprint density at radius 2 is 1.69 bits per heavy atom. The van der Waals surface area contributed by atoms with E-state index in [2.05, 4.69) is 22.5 Å². The van der Waals surface area contributed by atoms with Crippen molar-refractivity contribution in [2.75, 3.05) is 43.1 Å². The minimum Gasteiger partial charge on any atom is -0.378 e. The van der Waals surface area contributed by atoms with E-state index in [4.69, 9.17) is 4.74 Å². The van der Waals surface area contributed by atoms with Gasteiger partial charge in [-0.15, -0.1) is 0 Å². The third-order valence-electron chi connectivity index (χ3n) is 4.96. The number of carbonyl (C=O) groups excluding carboxylic acids is 2. The molecule has 1 heterocycles. The number of benzene rings is 2.